The highest BCUT2D eigenvalue weighted by Gasteiger charge is 2.18. The molecule has 0 spiro atoms. The first-order valence-electron chi connectivity index (χ1n) is 6.89. The van der Waals surface area contributed by atoms with Crippen LogP contribution in [0.5, 0.6) is 5.75 Å². The Hall–Kier alpha value is -1.94. The summed E-state index contributed by atoms with van der Waals surface area (Å²) in [5, 5.41) is 2.91. The summed E-state index contributed by atoms with van der Waals surface area (Å²) in [6, 6.07) is 17.2. The van der Waals surface area contributed by atoms with Gasteiger partial charge in [-0.25, -0.2) is 0 Å². The predicted molar refractivity (Wildman–Crippen MR) is 88.0 cm³/mol. The molecule has 0 fully saturated rings. The van der Waals surface area contributed by atoms with Gasteiger partial charge >= 0.3 is 0 Å². The number of rotatable bonds is 6. The largest absolute Gasteiger partial charge is 0.481 e. The minimum absolute atomic E-state index is 0.125. The number of thioether (sulfide) groups is 1. The maximum absolute atomic E-state index is 12.3. The van der Waals surface area contributed by atoms with Crippen LogP contribution < -0.4 is 10.1 Å². The van der Waals surface area contributed by atoms with Crippen molar-refractivity contribution in [3.8, 4) is 5.75 Å². The summed E-state index contributed by atoms with van der Waals surface area (Å²) in [6.07, 6.45) is 2.13. The molecule has 0 heterocycles. The number of carbonyl (C=O) groups is 1. The van der Waals surface area contributed by atoms with Crippen molar-refractivity contribution in [1.29, 1.82) is 0 Å². The van der Waals surface area contributed by atoms with Crippen molar-refractivity contribution < 1.29 is 9.53 Å². The van der Waals surface area contributed by atoms with E-state index in [1.165, 1.54) is 0 Å². The molecule has 0 saturated carbocycles. The highest BCUT2D eigenvalue weighted by molar-refractivity contribution is 7.98. The quantitative estimate of drug-likeness (QED) is 0.812. The number of nitrogens with one attached hydrogen (secondary N) is 1. The van der Waals surface area contributed by atoms with Crippen LogP contribution in [-0.2, 0) is 4.79 Å². The van der Waals surface area contributed by atoms with Gasteiger partial charge in [0.15, 0.2) is 6.10 Å². The van der Waals surface area contributed by atoms with Gasteiger partial charge in [0.25, 0.3) is 5.91 Å². The minimum Gasteiger partial charge on any atom is -0.481 e. The van der Waals surface area contributed by atoms with Crippen LogP contribution in [0.2, 0.25) is 0 Å². The van der Waals surface area contributed by atoms with Gasteiger partial charge in [0.05, 0.1) is 0 Å². The van der Waals surface area contributed by atoms with E-state index in [0.717, 1.165) is 10.6 Å². The lowest BCUT2D eigenvalue weighted by Gasteiger charge is -2.17. The van der Waals surface area contributed by atoms with Gasteiger partial charge in [-0.15, -0.1) is 11.8 Å². The van der Waals surface area contributed by atoms with Crippen LogP contribution in [0, 0.1) is 0 Å². The highest BCUT2D eigenvalue weighted by atomic mass is 32.2. The number of amides is 1. The lowest BCUT2D eigenvalue weighted by Crippen LogP contribution is -2.32. The number of anilines is 1. The molecule has 0 aliphatic heterocycles. The molecule has 3 nitrogen and oxygen atoms in total. The lowest BCUT2D eigenvalue weighted by molar-refractivity contribution is -0.122. The van der Waals surface area contributed by atoms with E-state index >= 15 is 0 Å². The van der Waals surface area contributed by atoms with E-state index in [1.807, 2.05) is 67.8 Å². The van der Waals surface area contributed by atoms with E-state index in [9.17, 15) is 4.79 Å². The summed E-state index contributed by atoms with van der Waals surface area (Å²) in [5.41, 5.74) is 0.793. The molecule has 2 aromatic carbocycles. The Balaban J connectivity index is 2.02. The zero-order chi connectivity index (χ0) is 15.1. The van der Waals surface area contributed by atoms with Gasteiger partial charge in [-0.2, -0.15) is 0 Å². The van der Waals surface area contributed by atoms with Crippen LogP contribution in [0.15, 0.2) is 59.5 Å². The van der Waals surface area contributed by atoms with Gasteiger partial charge in [0.2, 0.25) is 0 Å². The van der Waals surface area contributed by atoms with E-state index in [1.54, 1.807) is 11.8 Å². The average Bonchev–Trinajstić information content (AvgIpc) is 2.53. The number of hydrogen-bond acceptors (Lipinski definition) is 3. The SMILES string of the molecule is CCC(Oc1ccccc1)C(=O)Nc1cccc(SC)c1. The number of hydrogen-bond donors (Lipinski definition) is 1. The van der Waals surface area contributed by atoms with E-state index in [0.29, 0.717) is 12.2 Å². The Bertz CT molecular complexity index is 586. The summed E-state index contributed by atoms with van der Waals surface area (Å²) < 4.78 is 5.74. The van der Waals surface area contributed by atoms with Crippen molar-refractivity contribution in [1.82, 2.24) is 0 Å². The van der Waals surface area contributed by atoms with Gasteiger partial charge in [-0.1, -0.05) is 31.2 Å². The van der Waals surface area contributed by atoms with E-state index < -0.39 is 6.10 Å². The van der Waals surface area contributed by atoms with Crippen molar-refractivity contribution >= 4 is 23.4 Å². The first-order chi connectivity index (χ1) is 10.2. The molecular weight excluding hydrogens is 282 g/mol. The summed E-state index contributed by atoms with van der Waals surface area (Å²) in [4.78, 5) is 13.4. The molecule has 1 amide bonds. The summed E-state index contributed by atoms with van der Waals surface area (Å²) >= 11 is 1.64. The molecule has 2 aromatic rings. The van der Waals surface area contributed by atoms with Gasteiger partial charge in [-0.3, -0.25) is 4.79 Å². The molecule has 4 heteroatoms. The van der Waals surface area contributed by atoms with E-state index in [2.05, 4.69) is 5.32 Å². The zero-order valence-corrected chi connectivity index (χ0v) is 13.0. The maximum atomic E-state index is 12.3. The molecule has 0 aliphatic carbocycles. The Kier molecular flexibility index (Phi) is 5.69. The Morgan fingerprint density at radius 2 is 1.95 bits per heavy atom. The maximum Gasteiger partial charge on any atom is 0.265 e. The Morgan fingerprint density at radius 1 is 1.19 bits per heavy atom. The fourth-order valence-electron chi connectivity index (χ4n) is 1.91. The van der Waals surface area contributed by atoms with Crippen molar-refractivity contribution in [3.05, 3.63) is 54.6 Å². The monoisotopic (exact) mass is 301 g/mol. The fourth-order valence-corrected chi connectivity index (χ4v) is 2.37. The minimum atomic E-state index is -0.495. The normalized spacial score (nSPS) is 11.7. The molecule has 21 heavy (non-hydrogen) atoms. The molecule has 0 bridgehead atoms. The van der Waals surface area contributed by atoms with Crippen molar-refractivity contribution in [3.63, 3.8) is 0 Å². The van der Waals surface area contributed by atoms with Crippen LogP contribution in [0.3, 0.4) is 0 Å². The van der Waals surface area contributed by atoms with Crippen LogP contribution >= 0.6 is 11.8 Å². The Labute approximate surface area is 129 Å². The molecule has 1 unspecified atom stereocenters. The third-order valence-electron chi connectivity index (χ3n) is 3.02. The van der Waals surface area contributed by atoms with Crippen LogP contribution in [0.4, 0.5) is 5.69 Å². The first-order valence-corrected chi connectivity index (χ1v) is 8.12. The third kappa shape index (κ3) is 4.53. The van der Waals surface area contributed by atoms with Gasteiger partial charge in [0.1, 0.15) is 5.75 Å². The zero-order valence-electron chi connectivity index (χ0n) is 12.2. The second kappa shape index (κ2) is 7.74. The second-order valence-corrected chi connectivity index (χ2v) is 5.43. The van der Waals surface area contributed by atoms with Crippen molar-refractivity contribution in [2.24, 2.45) is 0 Å². The van der Waals surface area contributed by atoms with Crippen molar-refractivity contribution in [2.45, 2.75) is 24.3 Å². The number of benzene rings is 2. The second-order valence-electron chi connectivity index (χ2n) is 4.55. The smallest absolute Gasteiger partial charge is 0.265 e. The fraction of sp³-hybridized carbons (Fsp3) is 0.235. The van der Waals surface area contributed by atoms with Gasteiger partial charge in [0, 0.05) is 10.6 Å². The van der Waals surface area contributed by atoms with Crippen LogP contribution in [-0.4, -0.2) is 18.3 Å². The molecule has 0 saturated heterocycles. The first kappa shape index (κ1) is 15.4. The van der Waals surface area contributed by atoms with E-state index in [-0.39, 0.29) is 5.91 Å². The van der Waals surface area contributed by atoms with Crippen molar-refractivity contribution in [2.75, 3.05) is 11.6 Å². The molecule has 0 aliphatic rings. The number of carbonyl (C=O) groups excluding carboxylic acids is 1. The molecule has 1 N–H and O–H groups in total. The lowest BCUT2D eigenvalue weighted by atomic mass is 10.2. The summed E-state index contributed by atoms with van der Waals surface area (Å²) in [6.45, 7) is 1.94. The average molecular weight is 301 g/mol. The highest BCUT2D eigenvalue weighted by Crippen LogP contribution is 2.20. The molecule has 1 atom stereocenters. The van der Waals surface area contributed by atoms with E-state index in [4.69, 9.17) is 4.74 Å². The molecule has 0 radical (unpaired) electrons. The Morgan fingerprint density at radius 3 is 2.62 bits per heavy atom. The molecule has 110 valence electrons. The van der Waals surface area contributed by atoms with Gasteiger partial charge < -0.3 is 10.1 Å². The van der Waals surface area contributed by atoms with Gasteiger partial charge in [-0.05, 0) is 43.0 Å². The summed E-state index contributed by atoms with van der Waals surface area (Å²) in [7, 11) is 0. The predicted octanol–water partition coefficient (Wildman–Crippen LogP) is 4.20. The number of ether oxygens (including phenoxy) is 1. The molecule has 0 aromatic heterocycles. The molecule has 2 rings (SSSR count). The molecular formula is C17H19NO2S. The number of para-hydroxylation sites is 1. The van der Waals surface area contributed by atoms with Crippen LogP contribution in [0.1, 0.15) is 13.3 Å². The third-order valence-corrected chi connectivity index (χ3v) is 3.75. The topological polar surface area (TPSA) is 38.3 Å². The summed E-state index contributed by atoms with van der Waals surface area (Å²) in [5.74, 6) is 0.581. The standard InChI is InChI=1S/C17H19NO2S/c1-3-16(20-14-9-5-4-6-10-14)17(19)18-13-8-7-11-15(12-13)21-2/h4-12,16H,3H2,1-2H3,(H,18,19). The van der Waals surface area contributed by atoms with Crippen LogP contribution in [0.25, 0.3) is 0 Å².